The third-order valence-corrected chi connectivity index (χ3v) is 4.70. The Morgan fingerprint density at radius 2 is 1.80 bits per heavy atom. The van der Waals surface area contributed by atoms with E-state index in [9.17, 15) is 9.59 Å². The lowest BCUT2D eigenvalue weighted by Gasteiger charge is -1.99. The Morgan fingerprint density at radius 1 is 1.12 bits per heavy atom. The molecule has 4 nitrogen and oxygen atoms in total. The zero-order valence-corrected chi connectivity index (χ0v) is 14.9. The third kappa shape index (κ3) is 4.26. The number of Topliss-reactive ketones (excluding diaryl/α,β-unsaturated/α-hetero) is 1. The van der Waals surface area contributed by atoms with Crippen molar-refractivity contribution in [2.45, 2.75) is 0 Å². The number of ketones is 1. The number of rotatable bonds is 4. The van der Waals surface area contributed by atoms with Gasteiger partial charge in [0.1, 0.15) is 5.75 Å². The highest BCUT2D eigenvalue weighted by molar-refractivity contribution is 7.07. The van der Waals surface area contributed by atoms with Gasteiger partial charge in [0.05, 0.1) is 16.3 Å². The Hall–Kier alpha value is -2.63. The number of methoxy groups -OCH3 is 1. The average Bonchev–Trinajstić information content (AvgIpc) is 2.96. The molecule has 6 heteroatoms. The zero-order valence-electron chi connectivity index (χ0n) is 13.3. The summed E-state index contributed by atoms with van der Waals surface area (Å²) in [7, 11) is 1.57. The number of nitrogens with one attached hydrogen (secondary N) is 1. The molecule has 0 fully saturated rings. The largest absolute Gasteiger partial charge is 0.497 e. The van der Waals surface area contributed by atoms with E-state index in [1.165, 1.54) is 17.4 Å². The van der Waals surface area contributed by atoms with E-state index in [1.54, 1.807) is 49.6 Å². The molecular weight excluding hydrogens is 358 g/mol. The number of hydrogen-bond donors (Lipinski definition) is 1. The van der Waals surface area contributed by atoms with Crippen LogP contribution in [0.2, 0.25) is 5.02 Å². The van der Waals surface area contributed by atoms with Crippen LogP contribution in [0.15, 0.2) is 53.3 Å². The number of carbonyl (C=O) groups is 1. The predicted octanol–water partition coefficient (Wildman–Crippen LogP) is 2.59. The fourth-order valence-corrected chi connectivity index (χ4v) is 3.20. The first-order chi connectivity index (χ1) is 12.0. The summed E-state index contributed by atoms with van der Waals surface area (Å²) in [6.45, 7) is 0. The molecule has 1 N–H and O–H groups in total. The van der Waals surface area contributed by atoms with Crippen LogP contribution in [-0.2, 0) is 0 Å². The van der Waals surface area contributed by atoms with Gasteiger partial charge in [0, 0.05) is 16.7 Å². The molecule has 0 bridgehead atoms. The molecular formula is C19H14ClNO3S. The minimum atomic E-state index is -0.228. The van der Waals surface area contributed by atoms with Crippen molar-refractivity contribution in [2.75, 3.05) is 7.11 Å². The summed E-state index contributed by atoms with van der Waals surface area (Å²) < 4.78 is 6.10. The van der Waals surface area contributed by atoms with Crippen LogP contribution in [0.3, 0.4) is 0 Å². The van der Waals surface area contributed by atoms with E-state index in [1.807, 2.05) is 12.1 Å². The summed E-state index contributed by atoms with van der Waals surface area (Å²) in [5.41, 5.74) is 1.16. The lowest BCUT2D eigenvalue weighted by molar-refractivity contribution is 0.106. The highest BCUT2D eigenvalue weighted by atomic mass is 35.5. The summed E-state index contributed by atoms with van der Waals surface area (Å²) in [5.74, 6) is 0.499. The lowest BCUT2D eigenvalue weighted by Crippen LogP contribution is -2.19. The monoisotopic (exact) mass is 371 g/mol. The van der Waals surface area contributed by atoms with Gasteiger partial charge in [0.15, 0.2) is 5.78 Å². The second-order valence-electron chi connectivity index (χ2n) is 5.22. The number of ether oxygens (including phenoxy) is 1. The van der Waals surface area contributed by atoms with Gasteiger partial charge >= 0.3 is 0 Å². The minimum absolute atomic E-state index is 0.182. The van der Waals surface area contributed by atoms with Crippen LogP contribution in [0.5, 0.6) is 5.75 Å². The molecule has 3 rings (SSSR count). The molecule has 1 aromatic heterocycles. The maximum Gasteiger partial charge on any atom is 0.266 e. The number of H-pyrrole nitrogens is 1. The van der Waals surface area contributed by atoms with Crippen LogP contribution in [0.1, 0.15) is 15.9 Å². The maximum absolute atomic E-state index is 12.3. The molecule has 25 heavy (non-hydrogen) atoms. The van der Waals surface area contributed by atoms with E-state index in [2.05, 4.69) is 4.98 Å². The van der Waals surface area contributed by atoms with Crippen molar-refractivity contribution >= 4 is 40.9 Å². The second kappa shape index (κ2) is 7.51. The van der Waals surface area contributed by atoms with Crippen molar-refractivity contribution < 1.29 is 9.53 Å². The van der Waals surface area contributed by atoms with E-state index in [0.29, 0.717) is 25.5 Å². The summed E-state index contributed by atoms with van der Waals surface area (Å²) in [6, 6.07) is 14.0. The molecule has 0 atom stereocenters. The summed E-state index contributed by atoms with van der Waals surface area (Å²) in [6.07, 6.45) is 3.18. The standard InChI is InChI=1S/C19H14ClNO3S/c1-24-15-8-4-13(5-9-15)16(22)11-18-21-19(23)17(25-18)10-12-2-6-14(20)7-3-12/h2-11H,1H3,(H,21,23)/b17-10+,18-11+. The smallest absolute Gasteiger partial charge is 0.266 e. The van der Waals surface area contributed by atoms with Crippen molar-refractivity contribution in [1.29, 1.82) is 0 Å². The number of benzene rings is 2. The van der Waals surface area contributed by atoms with Gasteiger partial charge in [-0.2, -0.15) is 0 Å². The molecule has 126 valence electrons. The molecule has 0 aliphatic rings. The van der Waals surface area contributed by atoms with Gasteiger partial charge < -0.3 is 9.72 Å². The Balaban J connectivity index is 1.93. The van der Waals surface area contributed by atoms with E-state index in [4.69, 9.17) is 16.3 Å². The van der Waals surface area contributed by atoms with Crippen LogP contribution >= 0.6 is 22.9 Å². The van der Waals surface area contributed by atoms with Crippen molar-refractivity contribution in [1.82, 2.24) is 4.98 Å². The van der Waals surface area contributed by atoms with Gasteiger partial charge in [-0.25, -0.2) is 0 Å². The number of halogens is 1. The van der Waals surface area contributed by atoms with Crippen LogP contribution in [0.25, 0.3) is 12.2 Å². The SMILES string of the molecule is COc1ccc(C(=O)/C=c2\[nH]c(=O)/c(=C\c3ccc(Cl)cc3)s2)cc1. The van der Waals surface area contributed by atoms with Gasteiger partial charge in [0.25, 0.3) is 5.56 Å². The highest BCUT2D eigenvalue weighted by Gasteiger charge is 2.04. The maximum atomic E-state index is 12.3. The van der Waals surface area contributed by atoms with Crippen LogP contribution < -0.4 is 19.5 Å². The third-order valence-electron chi connectivity index (χ3n) is 3.48. The van der Waals surface area contributed by atoms with Crippen LogP contribution in [-0.4, -0.2) is 17.9 Å². The van der Waals surface area contributed by atoms with Crippen molar-refractivity contribution in [2.24, 2.45) is 0 Å². The number of thiazole rings is 1. The van der Waals surface area contributed by atoms with Crippen molar-refractivity contribution in [3.05, 3.63) is 84.2 Å². The van der Waals surface area contributed by atoms with Crippen molar-refractivity contribution in [3.8, 4) is 5.75 Å². The lowest BCUT2D eigenvalue weighted by atomic mass is 10.1. The van der Waals surface area contributed by atoms with E-state index in [0.717, 1.165) is 5.56 Å². The fraction of sp³-hybridized carbons (Fsp3) is 0.0526. The van der Waals surface area contributed by atoms with Gasteiger partial charge in [-0.15, -0.1) is 11.3 Å². The molecule has 0 saturated carbocycles. The Labute approximate surface area is 152 Å². The van der Waals surface area contributed by atoms with E-state index >= 15 is 0 Å². The topological polar surface area (TPSA) is 59.2 Å². The molecule has 3 aromatic rings. The molecule has 0 saturated heterocycles. The molecule has 2 aromatic carbocycles. The normalized spacial score (nSPS) is 12.4. The molecule has 0 unspecified atom stereocenters. The molecule has 0 aliphatic heterocycles. The molecule has 0 radical (unpaired) electrons. The van der Waals surface area contributed by atoms with E-state index in [-0.39, 0.29) is 11.3 Å². The Morgan fingerprint density at radius 3 is 2.44 bits per heavy atom. The highest BCUT2D eigenvalue weighted by Crippen LogP contribution is 2.12. The molecule has 0 spiro atoms. The Kier molecular flexibility index (Phi) is 5.16. The average molecular weight is 372 g/mol. The van der Waals surface area contributed by atoms with Crippen LogP contribution in [0, 0.1) is 0 Å². The van der Waals surface area contributed by atoms with Gasteiger partial charge in [-0.1, -0.05) is 23.7 Å². The minimum Gasteiger partial charge on any atom is -0.497 e. The quantitative estimate of drug-likeness (QED) is 0.717. The number of aromatic nitrogens is 1. The zero-order chi connectivity index (χ0) is 17.8. The van der Waals surface area contributed by atoms with E-state index < -0.39 is 0 Å². The Bertz CT molecular complexity index is 1060. The molecule has 0 amide bonds. The summed E-state index contributed by atoms with van der Waals surface area (Å²) in [5, 5.41) is 0.636. The first-order valence-corrected chi connectivity index (χ1v) is 8.61. The van der Waals surface area contributed by atoms with Gasteiger partial charge in [-0.3, -0.25) is 9.59 Å². The number of carbonyl (C=O) groups excluding carboxylic acids is 1. The molecule has 0 aliphatic carbocycles. The summed E-state index contributed by atoms with van der Waals surface area (Å²) in [4.78, 5) is 27.1. The number of aromatic amines is 1. The van der Waals surface area contributed by atoms with Gasteiger partial charge in [0.2, 0.25) is 0 Å². The first kappa shape index (κ1) is 17.2. The first-order valence-electron chi connectivity index (χ1n) is 7.42. The van der Waals surface area contributed by atoms with Crippen molar-refractivity contribution in [3.63, 3.8) is 0 Å². The predicted molar refractivity (Wildman–Crippen MR) is 101 cm³/mol. The fourth-order valence-electron chi connectivity index (χ4n) is 2.19. The van der Waals surface area contributed by atoms with Crippen LogP contribution in [0.4, 0.5) is 0 Å². The summed E-state index contributed by atoms with van der Waals surface area (Å²) >= 11 is 7.09. The second-order valence-corrected chi connectivity index (χ2v) is 6.74. The molecule has 1 heterocycles. The number of hydrogen-bond acceptors (Lipinski definition) is 4. The van der Waals surface area contributed by atoms with Gasteiger partial charge in [-0.05, 0) is 48.0 Å².